The zero-order valence-corrected chi connectivity index (χ0v) is 11.5. The normalized spacial score (nSPS) is 19.7. The zero-order valence-electron chi connectivity index (χ0n) is 11.5. The molecule has 1 fully saturated rings. The second-order valence-corrected chi connectivity index (χ2v) is 5.79. The van der Waals surface area contributed by atoms with E-state index in [4.69, 9.17) is 0 Å². The molecule has 102 valence electrons. The monoisotopic (exact) mass is 260 g/mol. The Labute approximate surface area is 112 Å². The van der Waals surface area contributed by atoms with Crippen LogP contribution in [0.1, 0.15) is 19.8 Å². The molecule has 2 aromatic heterocycles. The Morgan fingerprint density at radius 1 is 1.32 bits per heavy atom. The molecular formula is C13H20N6. The Kier molecular flexibility index (Phi) is 3.10. The third-order valence-corrected chi connectivity index (χ3v) is 4.10. The first kappa shape index (κ1) is 12.3. The van der Waals surface area contributed by atoms with E-state index in [0.717, 1.165) is 17.9 Å². The number of fused-ring (bicyclic) bond motifs is 1. The van der Waals surface area contributed by atoms with E-state index in [1.165, 1.54) is 25.9 Å². The van der Waals surface area contributed by atoms with Gasteiger partial charge in [-0.3, -0.25) is 0 Å². The molecule has 0 bridgehead atoms. The number of nitrogens with zero attached hydrogens (tertiary/aromatic N) is 4. The van der Waals surface area contributed by atoms with Gasteiger partial charge >= 0.3 is 0 Å². The van der Waals surface area contributed by atoms with E-state index in [1.807, 2.05) is 0 Å². The van der Waals surface area contributed by atoms with Crippen molar-refractivity contribution < 1.29 is 0 Å². The first-order chi connectivity index (χ1) is 9.16. The van der Waals surface area contributed by atoms with E-state index in [-0.39, 0.29) is 0 Å². The van der Waals surface area contributed by atoms with Gasteiger partial charge in [-0.15, -0.1) is 0 Å². The molecule has 0 aliphatic carbocycles. The topological polar surface area (TPSA) is 69.7 Å². The van der Waals surface area contributed by atoms with Gasteiger partial charge in [0.2, 0.25) is 0 Å². The summed E-state index contributed by atoms with van der Waals surface area (Å²) in [6.07, 6.45) is 5.64. The Bertz CT molecular complexity index is 555. The van der Waals surface area contributed by atoms with E-state index in [2.05, 4.69) is 44.1 Å². The second kappa shape index (κ2) is 4.77. The number of hydrogen-bond donors (Lipinski definition) is 2. The summed E-state index contributed by atoms with van der Waals surface area (Å²) in [5.41, 5.74) is 1.94. The zero-order chi connectivity index (χ0) is 13.3. The van der Waals surface area contributed by atoms with Gasteiger partial charge in [-0.05, 0) is 38.4 Å². The summed E-state index contributed by atoms with van der Waals surface area (Å²) in [5.74, 6) is 0.850. The molecule has 1 saturated heterocycles. The van der Waals surface area contributed by atoms with Crippen LogP contribution in [0.4, 0.5) is 5.82 Å². The van der Waals surface area contributed by atoms with Gasteiger partial charge in [0.25, 0.3) is 0 Å². The molecule has 0 saturated carbocycles. The van der Waals surface area contributed by atoms with Crippen molar-refractivity contribution in [1.82, 2.24) is 24.8 Å². The molecule has 0 radical (unpaired) electrons. The van der Waals surface area contributed by atoms with Crippen molar-refractivity contribution in [2.45, 2.75) is 19.8 Å². The SMILES string of the molecule is CN1CCC(C)(CNc2ncnc3nc[nH]c23)CC1. The Balaban J connectivity index is 1.70. The number of aromatic amines is 1. The minimum Gasteiger partial charge on any atom is -0.368 e. The van der Waals surface area contributed by atoms with Gasteiger partial charge in [0.15, 0.2) is 11.5 Å². The minimum absolute atomic E-state index is 0.337. The highest BCUT2D eigenvalue weighted by atomic mass is 15.1. The minimum atomic E-state index is 0.337. The van der Waals surface area contributed by atoms with Crippen LogP contribution in [0.25, 0.3) is 11.2 Å². The van der Waals surface area contributed by atoms with Crippen molar-refractivity contribution in [2.24, 2.45) is 5.41 Å². The lowest BCUT2D eigenvalue weighted by Gasteiger charge is -2.38. The number of rotatable bonds is 3. The summed E-state index contributed by atoms with van der Waals surface area (Å²) in [6, 6.07) is 0. The van der Waals surface area contributed by atoms with Crippen LogP contribution in [-0.4, -0.2) is 51.5 Å². The first-order valence-electron chi connectivity index (χ1n) is 6.73. The highest BCUT2D eigenvalue weighted by molar-refractivity contribution is 5.81. The van der Waals surface area contributed by atoms with Gasteiger partial charge in [-0.25, -0.2) is 15.0 Å². The fraction of sp³-hybridized carbons (Fsp3) is 0.615. The number of hydrogen-bond acceptors (Lipinski definition) is 5. The number of likely N-dealkylation sites (tertiary alicyclic amines) is 1. The summed E-state index contributed by atoms with van der Waals surface area (Å²) < 4.78 is 0. The van der Waals surface area contributed by atoms with Crippen LogP contribution in [0.3, 0.4) is 0 Å². The summed E-state index contributed by atoms with van der Waals surface area (Å²) in [6.45, 7) is 5.62. The fourth-order valence-electron chi connectivity index (χ4n) is 2.53. The van der Waals surface area contributed by atoms with E-state index < -0.39 is 0 Å². The number of anilines is 1. The maximum Gasteiger partial charge on any atom is 0.182 e. The molecule has 2 N–H and O–H groups in total. The molecule has 2 aromatic rings. The molecule has 19 heavy (non-hydrogen) atoms. The van der Waals surface area contributed by atoms with Gasteiger partial charge in [-0.2, -0.15) is 0 Å². The van der Waals surface area contributed by atoms with Crippen LogP contribution in [0, 0.1) is 5.41 Å². The maximum atomic E-state index is 4.31. The number of nitrogens with one attached hydrogen (secondary N) is 2. The van der Waals surface area contributed by atoms with Crippen LogP contribution in [0.5, 0.6) is 0 Å². The first-order valence-corrected chi connectivity index (χ1v) is 6.73. The quantitative estimate of drug-likeness (QED) is 0.875. The van der Waals surface area contributed by atoms with Gasteiger partial charge in [0.05, 0.1) is 6.33 Å². The van der Waals surface area contributed by atoms with E-state index in [1.54, 1.807) is 12.7 Å². The van der Waals surface area contributed by atoms with Crippen molar-refractivity contribution in [3.8, 4) is 0 Å². The van der Waals surface area contributed by atoms with Crippen LogP contribution >= 0.6 is 0 Å². The van der Waals surface area contributed by atoms with Crippen molar-refractivity contribution in [1.29, 1.82) is 0 Å². The molecule has 0 spiro atoms. The summed E-state index contributed by atoms with van der Waals surface area (Å²) in [7, 11) is 2.19. The highest BCUT2D eigenvalue weighted by Gasteiger charge is 2.28. The molecule has 6 nitrogen and oxygen atoms in total. The fourth-order valence-corrected chi connectivity index (χ4v) is 2.53. The Morgan fingerprint density at radius 3 is 2.89 bits per heavy atom. The van der Waals surface area contributed by atoms with Crippen LogP contribution in [-0.2, 0) is 0 Å². The lowest BCUT2D eigenvalue weighted by Crippen LogP contribution is -2.40. The van der Waals surface area contributed by atoms with Gasteiger partial charge in [-0.1, -0.05) is 6.92 Å². The number of piperidine rings is 1. The highest BCUT2D eigenvalue weighted by Crippen LogP contribution is 2.30. The van der Waals surface area contributed by atoms with Crippen molar-refractivity contribution in [3.05, 3.63) is 12.7 Å². The van der Waals surface area contributed by atoms with Crippen molar-refractivity contribution in [3.63, 3.8) is 0 Å². The van der Waals surface area contributed by atoms with E-state index in [0.29, 0.717) is 11.1 Å². The molecule has 0 aromatic carbocycles. The summed E-state index contributed by atoms with van der Waals surface area (Å²) >= 11 is 0. The lowest BCUT2D eigenvalue weighted by atomic mass is 9.80. The largest absolute Gasteiger partial charge is 0.368 e. The average Bonchev–Trinajstić information content (AvgIpc) is 2.89. The predicted octanol–water partition coefficient (Wildman–Crippen LogP) is 1.50. The van der Waals surface area contributed by atoms with Crippen molar-refractivity contribution in [2.75, 3.05) is 32.0 Å². The summed E-state index contributed by atoms with van der Waals surface area (Å²) in [4.78, 5) is 18.1. The molecular weight excluding hydrogens is 240 g/mol. The lowest BCUT2D eigenvalue weighted by molar-refractivity contribution is 0.150. The smallest absolute Gasteiger partial charge is 0.182 e. The molecule has 3 rings (SSSR count). The molecule has 0 amide bonds. The van der Waals surface area contributed by atoms with Gasteiger partial charge in [0, 0.05) is 6.54 Å². The van der Waals surface area contributed by atoms with Gasteiger partial charge in [0.1, 0.15) is 11.8 Å². The molecule has 1 aliphatic rings. The molecule has 3 heterocycles. The van der Waals surface area contributed by atoms with Crippen LogP contribution in [0.15, 0.2) is 12.7 Å². The van der Waals surface area contributed by atoms with E-state index in [9.17, 15) is 0 Å². The number of H-pyrrole nitrogens is 1. The van der Waals surface area contributed by atoms with Crippen LogP contribution in [0.2, 0.25) is 0 Å². The number of imidazole rings is 1. The maximum absolute atomic E-state index is 4.31. The second-order valence-electron chi connectivity index (χ2n) is 5.79. The standard InChI is InChI=1S/C13H20N6/c1-13(3-5-19(2)6-4-13)7-14-11-10-12(16-8-15-10)18-9-17-11/h8-9H,3-7H2,1-2H3,(H2,14,15,16,17,18). The Morgan fingerprint density at radius 2 is 2.11 bits per heavy atom. The van der Waals surface area contributed by atoms with Crippen LogP contribution < -0.4 is 5.32 Å². The van der Waals surface area contributed by atoms with E-state index >= 15 is 0 Å². The Hall–Kier alpha value is -1.69. The third kappa shape index (κ3) is 2.53. The van der Waals surface area contributed by atoms with Crippen molar-refractivity contribution >= 4 is 17.0 Å². The third-order valence-electron chi connectivity index (χ3n) is 4.10. The molecule has 1 aliphatic heterocycles. The molecule has 6 heteroatoms. The van der Waals surface area contributed by atoms with Gasteiger partial charge < -0.3 is 15.2 Å². The summed E-state index contributed by atoms with van der Waals surface area (Å²) in [5, 5.41) is 3.46. The number of aromatic nitrogens is 4. The average molecular weight is 260 g/mol. The molecule has 0 unspecified atom stereocenters. The predicted molar refractivity (Wildman–Crippen MR) is 75.0 cm³/mol. The molecule has 0 atom stereocenters.